The Balaban J connectivity index is 2.23. The lowest BCUT2D eigenvalue weighted by molar-refractivity contribution is 0.275. The third-order valence-corrected chi connectivity index (χ3v) is 3.97. The maximum absolute atomic E-state index is 9.09. The lowest BCUT2D eigenvalue weighted by Gasteiger charge is -2.05. The van der Waals surface area contributed by atoms with Crippen LogP contribution < -0.4 is 5.55 Å². The third-order valence-electron chi connectivity index (χ3n) is 3.97. The third kappa shape index (κ3) is 1.37. The quantitative estimate of drug-likeness (QED) is 0.495. The predicted molar refractivity (Wildman–Crippen MR) is 70.1 cm³/mol. The van der Waals surface area contributed by atoms with Crippen LogP contribution in [0.4, 0.5) is 0 Å². The van der Waals surface area contributed by atoms with Crippen LogP contribution in [0.5, 0.6) is 0 Å². The van der Waals surface area contributed by atoms with E-state index >= 15 is 0 Å². The van der Waals surface area contributed by atoms with Gasteiger partial charge in [-0.2, -0.15) is 0 Å². The molecular formula is C15H13NO3. The number of rotatable bonds is 0. The molecule has 1 aliphatic carbocycles. The van der Waals surface area contributed by atoms with Crippen LogP contribution in [0.15, 0.2) is 32.4 Å². The molecule has 0 radical (unpaired) electrons. The number of hydrogen-bond donors (Lipinski definition) is 1. The Bertz CT molecular complexity index is 870. The summed E-state index contributed by atoms with van der Waals surface area (Å²) >= 11 is 0. The molecule has 0 atom stereocenters. The SMILES string of the molecule is Cc1coc2cc3oc(=NO)c4c(c3cc12)CCC4. The summed E-state index contributed by atoms with van der Waals surface area (Å²) < 4.78 is 11.2. The van der Waals surface area contributed by atoms with E-state index in [1.54, 1.807) is 6.26 Å². The van der Waals surface area contributed by atoms with Gasteiger partial charge >= 0.3 is 0 Å². The van der Waals surface area contributed by atoms with E-state index in [0.29, 0.717) is 5.55 Å². The summed E-state index contributed by atoms with van der Waals surface area (Å²) in [6.45, 7) is 2.03. The Morgan fingerprint density at radius 2 is 1.95 bits per heavy atom. The molecule has 2 heterocycles. The number of benzene rings is 1. The number of aryl methyl sites for hydroxylation is 2. The van der Waals surface area contributed by atoms with E-state index in [2.05, 4.69) is 11.2 Å². The van der Waals surface area contributed by atoms with E-state index in [1.165, 1.54) is 5.56 Å². The van der Waals surface area contributed by atoms with E-state index in [4.69, 9.17) is 14.0 Å². The molecule has 0 unspecified atom stereocenters. The molecule has 1 aromatic carbocycles. The zero-order valence-electron chi connectivity index (χ0n) is 10.6. The fraction of sp³-hybridized carbons (Fsp3) is 0.267. The summed E-state index contributed by atoms with van der Waals surface area (Å²) in [6.07, 6.45) is 4.75. The summed E-state index contributed by atoms with van der Waals surface area (Å²) in [7, 11) is 0. The Morgan fingerprint density at radius 1 is 1.11 bits per heavy atom. The highest BCUT2D eigenvalue weighted by Gasteiger charge is 2.19. The lowest BCUT2D eigenvalue weighted by Crippen LogP contribution is -2.09. The number of furan rings is 1. The van der Waals surface area contributed by atoms with Crippen molar-refractivity contribution < 1.29 is 14.0 Å². The van der Waals surface area contributed by atoms with Crippen molar-refractivity contribution in [2.45, 2.75) is 26.2 Å². The second-order valence-corrected chi connectivity index (χ2v) is 5.08. The molecule has 0 saturated carbocycles. The van der Waals surface area contributed by atoms with Crippen LogP contribution >= 0.6 is 0 Å². The van der Waals surface area contributed by atoms with Gasteiger partial charge in [-0.15, -0.1) is 0 Å². The standard InChI is InChI=1S/C15H13NO3/c1-8-7-18-13-6-14-12(5-11(8)13)9-3-2-4-10(9)15(16-17)19-14/h5-7,17H,2-4H2,1H3. The highest BCUT2D eigenvalue weighted by atomic mass is 16.5. The molecule has 1 aliphatic rings. The first-order valence-electron chi connectivity index (χ1n) is 6.42. The second kappa shape index (κ2) is 3.63. The van der Waals surface area contributed by atoms with Crippen molar-refractivity contribution in [1.82, 2.24) is 0 Å². The highest BCUT2D eigenvalue weighted by Crippen LogP contribution is 2.32. The van der Waals surface area contributed by atoms with Gasteiger partial charge < -0.3 is 14.0 Å². The second-order valence-electron chi connectivity index (χ2n) is 5.08. The zero-order valence-corrected chi connectivity index (χ0v) is 10.6. The molecular weight excluding hydrogens is 242 g/mol. The molecule has 19 heavy (non-hydrogen) atoms. The van der Waals surface area contributed by atoms with E-state index in [0.717, 1.165) is 52.3 Å². The maximum Gasteiger partial charge on any atom is 0.259 e. The van der Waals surface area contributed by atoms with E-state index in [-0.39, 0.29) is 0 Å². The van der Waals surface area contributed by atoms with Gasteiger partial charge in [0.1, 0.15) is 11.2 Å². The molecule has 96 valence electrons. The smallest absolute Gasteiger partial charge is 0.259 e. The molecule has 3 aromatic rings. The molecule has 0 aliphatic heterocycles. The topological polar surface area (TPSA) is 58.9 Å². The number of nitrogens with zero attached hydrogens (tertiary/aromatic N) is 1. The monoisotopic (exact) mass is 255 g/mol. The largest absolute Gasteiger partial charge is 0.464 e. The first-order valence-corrected chi connectivity index (χ1v) is 6.42. The van der Waals surface area contributed by atoms with Gasteiger partial charge in [0.2, 0.25) is 0 Å². The van der Waals surface area contributed by atoms with E-state index in [1.807, 2.05) is 13.0 Å². The van der Waals surface area contributed by atoms with Crippen molar-refractivity contribution in [2.24, 2.45) is 5.16 Å². The molecule has 4 heteroatoms. The minimum atomic E-state index is 0.336. The fourth-order valence-corrected chi connectivity index (χ4v) is 3.03. The normalized spacial score (nSPS) is 15.5. The van der Waals surface area contributed by atoms with Crippen LogP contribution in [0.2, 0.25) is 0 Å². The van der Waals surface area contributed by atoms with Crippen LogP contribution in [-0.2, 0) is 12.8 Å². The molecule has 0 saturated heterocycles. The number of hydrogen-bond acceptors (Lipinski definition) is 4. The van der Waals surface area contributed by atoms with Crippen molar-refractivity contribution in [3.8, 4) is 0 Å². The van der Waals surface area contributed by atoms with Gasteiger partial charge in [-0.1, -0.05) is 0 Å². The van der Waals surface area contributed by atoms with Gasteiger partial charge in [0, 0.05) is 22.4 Å². The molecule has 0 amide bonds. The van der Waals surface area contributed by atoms with Crippen molar-refractivity contribution in [3.63, 3.8) is 0 Å². The van der Waals surface area contributed by atoms with Gasteiger partial charge in [-0.05, 0) is 48.5 Å². The summed E-state index contributed by atoms with van der Waals surface area (Å²) in [4.78, 5) is 0. The molecule has 0 spiro atoms. The lowest BCUT2D eigenvalue weighted by atomic mass is 10.0. The van der Waals surface area contributed by atoms with Crippen molar-refractivity contribution in [3.05, 3.63) is 40.6 Å². The minimum absolute atomic E-state index is 0.336. The molecule has 0 fully saturated rings. The Labute approximate surface area is 108 Å². The first-order chi connectivity index (χ1) is 9.28. The van der Waals surface area contributed by atoms with Crippen molar-refractivity contribution in [2.75, 3.05) is 0 Å². The van der Waals surface area contributed by atoms with Crippen molar-refractivity contribution in [1.29, 1.82) is 0 Å². The molecule has 0 bridgehead atoms. The average molecular weight is 255 g/mol. The van der Waals surface area contributed by atoms with Crippen LogP contribution in [0.3, 0.4) is 0 Å². The number of fused-ring (bicyclic) bond motifs is 4. The summed E-state index contributed by atoms with van der Waals surface area (Å²) in [6, 6.07) is 4.00. The van der Waals surface area contributed by atoms with Gasteiger partial charge in [0.25, 0.3) is 5.55 Å². The molecule has 2 aromatic heterocycles. The van der Waals surface area contributed by atoms with Gasteiger partial charge in [-0.3, -0.25) is 0 Å². The Morgan fingerprint density at radius 3 is 2.79 bits per heavy atom. The van der Waals surface area contributed by atoms with Crippen molar-refractivity contribution >= 4 is 21.9 Å². The van der Waals surface area contributed by atoms with Crippen LogP contribution in [0.25, 0.3) is 21.9 Å². The fourth-order valence-electron chi connectivity index (χ4n) is 3.03. The average Bonchev–Trinajstić information content (AvgIpc) is 3.03. The zero-order chi connectivity index (χ0) is 13.0. The summed E-state index contributed by atoms with van der Waals surface area (Å²) in [5.74, 6) is 0. The van der Waals surface area contributed by atoms with Gasteiger partial charge in [0.05, 0.1) is 6.26 Å². The minimum Gasteiger partial charge on any atom is -0.464 e. The molecule has 4 rings (SSSR count). The van der Waals surface area contributed by atoms with Crippen LogP contribution in [-0.4, -0.2) is 5.21 Å². The summed E-state index contributed by atoms with van der Waals surface area (Å²) in [5.41, 5.74) is 5.26. The maximum atomic E-state index is 9.09. The highest BCUT2D eigenvalue weighted by molar-refractivity contribution is 5.96. The predicted octanol–water partition coefficient (Wildman–Crippen LogP) is 3.27. The van der Waals surface area contributed by atoms with Crippen LogP contribution in [0, 0.1) is 6.92 Å². The van der Waals surface area contributed by atoms with Gasteiger partial charge in [0.15, 0.2) is 0 Å². The Hall–Kier alpha value is -2.23. The van der Waals surface area contributed by atoms with Crippen LogP contribution in [0.1, 0.15) is 23.1 Å². The molecule has 1 N–H and O–H groups in total. The summed E-state index contributed by atoms with van der Waals surface area (Å²) in [5, 5.41) is 14.6. The first kappa shape index (κ1) is 10.7. The Kier molecular flexibility index (Phi) is 2.04. The molecule has 4 nitrogen and oxygen atoms in total. The van der Waals surface area contributed by atoms with Gasteiger partial charge in [-0.25, -0.2) is 0 Å². The van der Waals surface area contributed by atoms with E-state index in [9.17, 15) is 0 Å². The van der Waals surface area contributed by atoms with E-state index < -0.39 is 0 Å².